The zero-order chi connectivity index (χ0) is 16.0. The number of hydrogen-bond acceptors (Lipinski definition) is 8. The number of morpholine rings is 1. The second-order valence-electron chi connectivity index (χ2n) is 6.45. The van der Waals surface area contributed by atoms with E-state index in [1.807, 2.05) is 11.8 Å². The van der Waals surface area contributed by atoms with E-state index >= 15 is 0 Å². The summed E-state index contributed by atoms with van der Waals surface area (Å²) in [6, 6.07) is 0. The lowest BCUT2D eigenvalue weighted by Gasteiger charge is -2.33. The number of aliphatic hydroxyl groups excluding tert-OH is 1. The van der Waals surface area contributed by atoms with Crippen LogP contribution in [-0.2, 0) is 9.53 Å². The van der Waals surface area contributed by atoms with Gasteiger partial charge in [-0.15, -0.1) is 10.2 Å². The first-order valence-electron chi connectivity index (χ1n) is 7.81. The summed E-state index contributed by atoms with van der Waals surface area (Å²) in [4.78, 5) is 14.4. The summed E-state index contributed by atoms with van der Waals surface area (Å²) in [5.41, 5.74) is -0.310. The normalized spacial score (nSPS) is 35.6. The third-order valence-electron chi connectivity index (χ3n) is 5.09. The molecule has 9 heteroatoms. The molecule has 0 aromatic carbocycles. The Balaban J connectivity index is 1.41. The maximum atomic E-state index is 12.5. The van der Waals surface area contributed by atoms with Crippen LogP contribution in [0.25, 0.3) is 0 Å². The minimum atomic E-state index is -0.310. The van der Waals surface area contributed by atoms with Gasteiger partial charge in [0.15, 0.2) is 4.34 Å². The minimum absolute atomic E-state index is 0.0785. The number of thioether (sulfide) groups is 1. The van der Waals surface area contributed by atoms with Gasteiger partial charge in [0.05, 0.1) is 18.4 Å². The van der Waals surface area contributed by atoms with Crippen LogP contribution in [0.4, 0.5) is 0 Å². The van der Waals surface area contributed by atoms with Gasteiger partial charge in [-0.1, -0.05) is 23.1 Å². The molecule has 1 amide bonds. The van der Waals surface area contributed by atoms with Gasteiger partial charge < -0.3 is 20.1 Å². The van der Waals surface area contributed by atoms with Gasteiger partial charge in [0, 0.05) is 38.1 Å². The molecule has 1 spiro atoms. The summed E-state index contributed by atoms with van der Waals surface area (Å²) in [5, 5.41) is 22.0. The Morgan fingerprint density at radius 3 is 3.22 bits per heavy atom. The fourth-order valence-electron chi connectivity index (χ4n) is 4.04. The van der Waals surface area contributed by atoms with Gasteiger partial charge in [0.2, 0.25) is 5.91 Å². The van der Waals surface area contributed by atoms with Gasteiger partial charge in [-0.3, -0.25) is 4.79 Å². The number of amides is 1. The fraction of sp³-hybridized carbons (Fsp3) is 0.786. The molecule has 126 valence electrons. The molecular weight excluding hydrogens is 336 g/mol. The molecule has 0 radical (unpaired) electrons. The largest absolute Gasteiger partial charge is 0.396 e. The second-order valence-corrected chi connectivity index (χ2v) is 8.86. The number of aliphatic hydroxyl groups is 1. The smallest absolute Gasteiger partial charge is 0.233 e. The molecule has 23 heavy (non-hydrogen) atoms. The van der Waals surface area contributed by atoms with E-state index in [1.165, 1.54) is 23.1 Å². The zero-order valence-corrected chi connectivity index (χ0v) is 14.5. The molecule has 1 aromatic heterocycles. The number of nitrogens with one attached hydrogen (secondary N) is 1. The number of fused-ring (bicyclic) bond motifs is 1. The van der Waals surface area contributed by atoms with Crippen molar-refractivity contribution in [2.45, 2.75) is 23.0 Å². The zero-order valence-electron chi connectivity index (χ0n) is 12.9. The quantitative estimate of drug-likeness (QED) is 0.719. The van der Waals surface area contributed by atoms with Gasteiger partial charge in [0.25, 0.3) is 0 Å². The van der Waals surface area contributed by atoms with Crippen molar-refractivity contribution in [2.75, 3.05) is 38.5 Å². The lowest BCUT2D eigenvalue weighted by Crippen LogP contribution is -2.52. The SMILES string of the molecule is Cc1nnc(SCC(=O)N2C[C@@H]3[C@H](CO)[C@H]4CNC[C@]3(C2)O4)s1. The minimum Gasteiger partial charge on any atom is -0.396 e. The molecule has 7 nitrogen and oxygen atoms in total. The highest BCUT2D eigenvalue weighted by atomic mass is 32.2. The number of aryl methyl sites for hydroxylation is 1. The van der Waals surface area contributed by atoms with E-state index in [1.54, 1.807) is 0 Å². The number of nitrogens with zero attached hydrogens (tertiary/aromatic N) is 3. The van der Waals surface area contributed by atoms with Crippen molar-refractivity contribution in [1.29, 1.82) is 0 Å². The first-order chi connectivity index (χ1) is 11.1. The molecule has 3 aliphatic rings. The first kappa shape index (κ1) is 15.8. The van der Waals surface area contributed by atoms with Gasteiger partial charge in [-0.25, -0.2) is 0 Å². The van der Waals surface area contributed by atoms with E-state index < -0.39 is 0 Å². The molecule has 1 aromatic rings. The average molecular weight is 356 g/mol. The first-order valence-corrected chi connectivity index (χ1v) is 9.61. The van der Waals surface area contributed by atoms with Crippen LogP contribution in [0.5, 0.6) is 0 Å². The number of aromatic nitrogens is 2. The predicted octanol–water partition coefficient (Wildman–Crippen LogP) is -0.254. The van der Waals surface area contributed by atoms with Crippen LogP contribution in [0.1, 0.15) is 5.01 Å². The Labute approximate surface area is 142 Å². The lowest BCUT2D eigenvalue weighted by molar-refractivity contribution is -0.130. The van der Waals surface area contributed by atoms with Gasteiger partial charge in [0.1, 0.15) is 10.6 Å². The summed E-state index contributed by atoms with van der Waals surface area (Å²) in [5.74, 6) is 0.832. The maximum Gasteiger partial charge on any atom is 0.233 e. The van der Waals surface area contributed by atoms with Crippen molar-refractivity contribution in [3.05, 3.63) is 5.01 Å². The number of hydrogen-bond donors (Lipinski definition) is 2. The van der Waals surface area contributed by atoms with Crippen molar-refractivity contribution in [2.24, 2.45) is 11.8 Å². The lowest BCUT2D eigenvalue weighted by atomic mass is 9.83. The molecule has 3 fully saturated rings. The molecule has 0 unspecified atom stereocenters. The highest BCUT2D eigenvalue weighted by Crippen LogP contribution is 2.47. The van der Waals surface area contributed by atoms with Crippen LogP contribution in [0.15, 0.2) is 4.34 Å². The molecule has 0 saturated carbocycles. The maximum absolute atomic E-state index is 12.5. The van der Waals surface area contributed by atoms with Gasteiger partial charge in [-0.05, 0) is 6.92 Å². The number of carbonyl (C=O) groups is 1. The van der Waals surface area contributed by atoms with Gasteiger partial charge >= 0.3 is 0 Å². The topological polar surface area (TPSA) is 87.6 Å². The van der Waals surface area contributed by atoms with Crippen LogP contribution < -0.4 is 5.32 Å². The fourth-order valence-corrected chi connectivity index (χ4v) is 5.76. The number of likely N-dealkylation sites (tertiary alicyclic amines) is 1. The van der Waals surface area contributed by atoms with Crippen molar-refractivity contribution in [3.8, 4) is 0 Å². The van der Waals surface area contributed by atoms with Crippen molar-refractivity contribution >= 4 is 29.0 Å². The number of carbonyl (C=O) groups excluding carboxylic acids is 1. The Bertz CT molecular complexity index is 613. The van der Waals surface area contributed by atoms with E-state index in [2.05, 4.69) is 15.5 Å². The van der Waals surface area contributed by atoms with Crippen LogP contribution >= 0.6 is 23.1 Å². The highest BCUT2D eigenvalue weighted by Gasteiger charge is 2.61. The molecule has 3 saturated heterocycles. The summed E-state index contributed by atoms with van der Waals surface area (Å²) in [6.45, 7) is 4.88. The monoisotopic (exact) mass is 356 g/mol. The van der Waals surface area contributed by atoms with Crippen LogP contribution in [0, 0.1) is 18.8 Å². The third kappa shape index (κ3) is 2.68. The molecule has 3 aliphatic heterocycles. The Hall–Kier alpha value is -0.740. The molecule has 4 rings (SSSR count). The predicted molar refractivity (Wildman–Crippen MR) is 86.5 cm³/mol. The molecule has 0 aliphatic carbocycles. The Morgan fingerprint density at radius 2 is 2.48 bits per heavy atom. The van der Waals surface area contributed by atoms with Crippen LogP contribution in [-0.4, -0.2) is 76.4 Å². The van der Waals surface area contributed by atoms with Crippen LogP contribution in [0.2, 0.25) is 0 Å². The standard InChI is InChI=1S/C14H20N4O3S2/c1-8-16-17-13(23-8)22-5-12(20)18-3-10-9(4-19)11-2-15-6-14(10,7-18)21-11/h9-11,15,19H,2-7H2,1H3/t9-,10+,11+,14+/m0/s1. The van der Waals surface area contributed by atoms with E-state index in [0.29, 0.717) is 18.8 Å². The molecule has 2 bridgehead atoms. The van der Waals surface area contributed by atoms with E-state index in [9.17, 15) is 9.90 Å². The number of ether oxygens (including phenoxy) is 1. The van der Waals surface area contributed by atoms with Crippen molar-refractivity contribution in [1.82, 2.24) is 20.4 Å². The molecule has 2 N–H and O–H groups in total. The summed E-state index contributed by atoms with van der Waals surface area (Å²) >= 11 is 2.95. The number of rotatable bonds is 4. The third-order valence-corrected chi connectivity index (χ3v) is 7.05. The highest BCUT2D eigenvalue weighted by molar-refractivity contribution is 8.01. The molecule has 4 atom stereocenters. The van der Waals surface area contributed by atoms with E-state index in [-0.39, 0.29) is 36.1 Å². The molecule has 4 heterocycles. The molecular formula is C14H20N4O3S2. The average Bonchev–Trinajstić information content (AvgIpc) is 3.15. The van der Waals surface area contributed by atoms with Gasteiger partial charge in [-0.2, -0.15) is 0 Å². The summed E-state index contributed by atoms with van der Waals surface area (Å²) < 4.78 is 7.05. The summed E-state index contributed by atoms with van der Waals surface area (Å²) in [6.07, 6.45) is 0.0785. The van der Waals surface area contributed by atoms with Crippen molar-refractivity contribution in [3.63, 3.8) is 0 Å². The Morgan fingerprint density at radius 1 is 1.61 bits per heavy atom. The van der Waals surface area contributed by atoms with Crippen LogP contribution in [0.3, 0.4) is 0 Å². The second kappa shape index (κ2) is 5.96. The summed E-state index contributed by atoms with van der Waals surface area (Å²) in [7, 11) is 0. The Kier molecular flexibility index (Phi) is 4.09. The van der Waals surface area contributed by atoms with E-state index in [0.717, 1.165) is 22.4 Å². The van der Waals surface area contributed by atoms with Crippen molar-refractivity contribution < 1.29 is 14.6 Å². The van der Waals surface area contributed by atoms with E-state index in [4.69, 9.17) is 4.74 Å².